The normalized spacial score (nSPS) is 14.8. The highest BCUT2D eigenvalue weighted by molar-refractivity contribution is 9.10. The number of hydrogen-bond donors (Lipinski definition) is 1. The van der Waals surface area contributed by atoms with Crippen LogP contribution >= 0.6 is 27.5 Å². The first-order chi connectivity index (χ1) is 10.1. The first-order valence-corrected chi connectivity index (χ1v) is 8.04. The first kappa shape index (κ1) is 13.2. The molecule has 0 atom stereocenters. The second-order valence-corrected chi connectivity index (χ2v) is 6.69. The summed E-state index contributed by atoms with van der Waals surface area (Å²) in [7, 11) is 0. The van der Waals surface area contributed by atoms with Gasteiger partial charge in [0.05, 0.1) is 16.1 Å². The van der Waals surface area contributed by atoms with E-state index >= 15 is 0 Å². The van der Waals surface area contributed by atoms with Gasteiger partial charge in [-0.1, -0.05) is 11.6 Å². The second-order valence-electron chi connectivity index (χ2n) is 5.43. The van der Waals surface area contributed by atoms with Gasteiger partial charge in [-0.15, -0.1) is 0 Å². The van der Waals surface area contributed by atoms with Crippen LogP contribution in [0.1, 0.15) is 24.6 Å². The van der Waals surface area contributed by atoms with Gasteiger partial charge in [0, 0.05) is 21.8 Å². The summed E-state index contributed by atoms with van der Waals surface area (Å²) >= 11 is 9.61. The molecule has 0 amide bonds. The standard InChI is InChI=1S/C16H13BrClN3/c17-12-8-11(4-5-13(12)18)21-15-6-3-10(19)7-14(15)20-16(21)9-1-2-9/h3-9H,1-2,19H2. The average Bonchev–Trinajstić information content (AvgIpc) is 3.23. The average molecular weight is 363 g/mol. The van der Waals surface area contributed by atoms with Crippen molar-refractivity contribution in [3.63, 3.8) is 0 Å². The Hall–Kier alpha value is -1.52. The third kappa shape index (κ3) is 2.23. The molecule has 5 heteroatoms. The van der Waals surface area contributed by atoms with Crippen LogP contribution in [0.4, 0.5) is 5.69 Å². The summed E-state index contributed by atoms with van der Waals surface area (Å²) < 4.78 is 3.11. The van der Waals surface area contributed by atoms with E-state index in [2.05, 4.69) is 20.5 Å². The molecule has 1 heterocycles. The van der Waals surface area contributed by atoms with Crippen molar-refractivity contribution in [1.29, 1.82) is 0 Å². The van der Waals surface area contributed by atoms with Crippen LogP contribution in [0, 0.1) is 0 Å². The molecule has 1 saturated carbocycles. The van der Waals surface area contributed by atoms with E-state index in [1.165, 1.54) is 12.8 Å². The van der Waals surface area contributed by atoms with Crippen molar-refractivity contribution in [3.05, 3.63) is 51.7 Å². The molecule has 1 fully saturated rings. The zero-order valence-electron chi connectivity index (χ0n) is 11.2. The zero-order valence-corrected chi connectivity index (χ0v) is 13.5. The molecule has 0 aliphatic heterocycles. The number of anilines is 1. The highest BCUT2D eigenvalue weighted by Crippen LogP contribution is 2.42. The van der Waals surface area contributed by atoms with Gasteiger partial charge in [0.15, 0.2) is 0 Å². The lowest BCUT2D eigenvalue weighted by Gasteiger charge is -2.10. The Morgan fingerprint density at radius 1 is 1.19 bits per heavy atom. The molecular formula is C16H13BrClN3. The van der Waals surface area contributed by atoms with Crippen molar-refractivity contribution < 1.29 is 0 Å². The van der Waals surface area contributed by atoms with Gasteiger partial charge in [-0.05, 0) is 65.2 Å². The van der Waals surface area contributed by atoms with Gasteiger partial charge in [-0.3, -0.25) is 4.57 Å². The van der Waals surface area contributed by atoms with Crippen molar-refractivity contribution in [3.8, 4) is 5.69 Å². The maximum Gasteiger partial charge on any atom is 0.117 e. The molecule has 0 unspecified atom stereocenters. The molecule has 3 nitrogen and oxygen atoms in total. The largest absolute Gasteiger partial charge is 0.399 e. The lowest BCUT2D eigenvalue weighted by atomic mass is 10.2. The molecular weight excluding hydrogens is 350 g/mol. The van der Waals surface area contributed by atoms with E-state index in [1.807, 2.05) is 36.4 Å². The highest BCUT2D eigenvalue weighted by Gasteiger charge is 2.30. The molecule has 3 aromatic rings. The summed E-state index contributed by atoms with van der Waals surface area (Å²) in [6.07, 6.45) is 2.40. The van der Waals surface area contributed by atoms with E-state index in [-0.39, 0.29) is 0 Å². The number of nitrogens with zero attached hydrogens (tertiary/aromatic N) is 2. The number of rotatable bonds is 2. The van der Waals surface area contributed by atoms with E-state index in [0.29, 0.717) is 10.9 Å². The molecule has 21 heavy (non-hydrogen) atoms. The van der Waals surface area contributed by atoms with E-state index in [4.69, 9.17) is 22.3 Å². The van der Waals surface area contributed by atoms with Gasteiger partial charge >= 0.3 is 0 Å². The minimum Gasteiger partial charge on any atom is -0.399 e. The van der Waals surface area contributed by atoms with Crippen molar-refractivity contribution in [2.45, 2.75) is 18.8 Å². The lowest BCUT2D eigenvalue weighted by Crippen LogP contribution is -2.00. The van der Waals surface area contributed by atoms with E-state index in [9.17, 15) is 0 Å². The quantitative estimate of drug-likeness (QED) is 0.659. The topological polar surface area (TPSA) is 43.8 Å². The van der Waals surface area contributed by atoms with Gasteiger partial charge < -0.3 is 5.73 Å². The van der Waals surface area contributed by atoms with Crippen molar-refractivity contribution >= 4 is 44.3 Å². The van der Waals surface area contributed by atoms with E-state index < -0.39 is 0 Å². The summed E-state index contributed by atoms with van der Waals surface area (Å²) in [5.41, 5.74) is 9.73. The van der Waals surface area contributed by atoms with E-state index in [1.54, 1.807) is 0 Å². The fraction of sp³-hybridized carbons (Fsp3) is 0.188. The summed E-state index contributed by atoms with van der Waals surface area (Å²) in [6.45, 7) is 0. The van der Waals surface area contributed by atoms with Crippen molar-refractivity contribution in [2.75, 3.05) is 5.73 Å². The minimum atomic E-state index is 0.549. The molecule has 1 aliphatic carbocycles. The Bertz CT molecular complexity index is 852. The van der Waals surface area contributed by atoms with Gasteiger partial charge in [-0.2, -0.15) is 0 Å². The number of hydrogen-bond acceptors (Lipinski definition) is 2. The molecule has 2 aromatic carbocycles. The number of halogens is 2. The number of nitrogens with two attached hydrogens (primary N) is 1. The second kappa shape index (κ2) is 4.75. The van der Waals surface area contributed by atoms with Crippen LogP contribution < -0.4 is 5.73 Å². The van der Waals surface area contributed by atoms with Crippen LogP contribution in [0.15, 0.2) is 40.9 Å². The Balaban J connectivity index is 2.01. The van der Waals surface area contributed by atoms with Crippen LogP contribution in [0.2, 0.25) is 5.02 Å². The molecule has 0 spiro atoms. The number of nitrogen functional groups attached to an aromatic ring is 1. The monoisotopic (exact) mass is 361 g/mol. The van der Waals surface area contributed by atoms with E-state index in [0.717, 1.165) is 32.7 Å². The third-order valence-electron chi connectivity index (χ3n) is 3.81. The number of aromatic nitrogens is 2. The molecule has 4 rings (SSSR count). The Morgan fingerprint density at radius 3 is 2.71 bits per heavy atom. The molecule has 2 N–H and O–H groups in total. The van der Waals surface area contributed by atoms with Crippen LogP contribution in [-0.4, -0.2) is 9.55 Å². The first-order valence-electron chi connectivity index (χ1n) is 6.87. The Morgan fingerprint density at radius 2 is 2.00 bits per heavy atom. The van der Waals surface area contributed by atoms with Crippen molar-refractivity contribution in [1.82, 2.24) is 9.55 Å². The zero-order chi connectivity index (χ0) is 14.6. The summed E-state index contributed by atoms with van der Waals surface area (Å²) in [6, 6.07) is 11.8. The predicted octanol–water partition coefficient (Wildman–Crippen LogP) is 4.90. The predicted molar refractivity (Wildman–Crippen MR) is 90.2 cm³/mol. The fourth-order valence-electron chi connectivity index (χ4n) is 2.63. The van der Waals surface area contributed by atoms with Gasteiger partial charge in [-0.25, -0.2) is 4.98 Å². The van der Waals surface area contributed by atoms with Crippen LogP contribution in [-0.2, 0) is 0 Å². The summed E-state index contributed by atoms with van der Waals surface area (Å²) in [5.74, 6) is 1.66. The molecule has 106 valence electrons. The smallest absolute Gasteiger partial charge is 0.117 e. The maximum atomic E-state index is 6.11. The summed E-state index contributed by atoms with van der Waals surface area (Å²) in [4.78, 5) is 4.80. The molecule has 0 radical (unpaired) electrons. The third-order valence-corrected chi connectivity index (χ3v) is 5.02. The molecule has 1 aromatic heterocycles. The SMILES string of the molecule is Nc1ccc2c(c1)nc(C1CC1)n2-c1ccc(Cl)c(Br)c1. The van der Waals surface area contributed by atoms with Gasteiger partial charge in [0.1, 0.15) is 5.82 Å². The maximum absolute atomic E-state index is 6.11. The lowest BCUT2D eigenvalue weighted by molar-refractivity contribution is 0.896. The number of fused-ring (bicyclic) bond motifs is 1. The highest BCUT2D eigenvalue weighted by atomic mass is 79.9. The molecule has 0 saturated heterocycles. The van der Waals surface area contributed by atoms with Gasteiger partial charge in [0.25, 0.3) is 0 Å². The van der Waals surface area contributed by atoms with Crippen LogP contribution in [0.25, 0.3) is 16.7 Å². The van der Waals surface area contributed by atoms with Gasteiger partial charge in [0.2, 0.25) is 0 Å². The van der Waals surface area contributed by atoms with Crippen LogP contribution in [0.3, 0.4) is 0 Å². The molecule has 1 aliphatic rings. The summed E-state index contributed by atoms with van der Waals surface area (Å²) in [5, 5.41) is 0.709. The molecule has 0 bridgehead atoms. The number of imidazole rings is 1. The fourth-order valence-corrected chi connectivity index (χ4v) is 3.11. The minimum absolute atomic E-state index is 0.549. The number of benzene rings is 2. The van der Waals surface area contributed by atoms with Crippen molar-refractivity contribution in [2.24, 2.45) is 0 Å². The Kier molecular flexibility index (Phi) is 2.98. The Labute approximate surface area is 135 Å². The van der Waals surface area contributed by atoms with Crippen LogP contribution in [0.5, 0.6) is 0 Å².